The van der Waals surface area contributed by atoms with Crippen LogP contribution in [0.4, 0.5) is 0 Å². The highest BCUT2D eigenvalue weighted by atomic mass is 35.5. The summed E-state index contributed by atoms with van der Waals surface area (Å²) in [4.78, 5) is 35.2. The molecule has 0 bridgehead atoms. The number of carbonyl (C=O) groups is 2. The Morgan fingerprint density at radius 2 is 2.14 bits per heavy atom. The van der Waals surface area contributed by atoms with Crippen LogP contribution in [0.2, 0.25) is 5.02 Å². The van der Waals surface area contributed by atoms with Crippen molar-refractivity contribution in [3.8, 4) is 0 Å². The lowest BCUT2D eigenvalue weighted by Crippen LogP contribution is -2.35. The summed E-state index contributed by atoms with van der Waals surface area (Å²) in [6.07, 6.45) is 0. The van der Waals surface area contributed by atoms with Crippen molar-refractivity contribution in [1.29, 1.82) is 0 Å². The van der Waals surface area contributed by atoms with Gasteiger partial charge in [-0.15, -0.1) is 0 Å². The van der Waals surface area contributed by atoms with Gasteiger partial charge in [0.1, 0.15) is 6.54 Å². The Hall–Kier alpha value is -2.41. The summed E-state index contributed by atoms with van der Waals surface area (Å²) < 4.78 is 5.80. The number of rotatable bonds is 3. The van der Waals surface area contributed by atoms with E-state index in [0.717, 1.165) is 0 Å². The third kappa shape index (κ3) is 3.03. The summed E-state index contributed by atoms with van der Waals surface area (Å²) in [5.74, 6) is -1.37. The first-order valence-electron chi connectivity index (χ1n) is 5.95. The number of aromatic nitrogens is 2. The van der Waals surface area contributed by atoms with Gasteiger partial charge in [0.25, 0.3) is 5.91 Å². The van der Waals surface area contributed by atoms with E-state index >= 15 is 0 Å². The lowest BCUT2D eigenvalue weighted by atomic mass is 10.2. The van der Waals surface area contributed by atoms with Gasteiger partial charge in [-0.1, -0.05) is 11.6 Å². The number of amides is 1. The number of carbonyl (C=O) groups excluding carboxylic acids is 2. The van der Waals surface area contributed by atoms with Gasteiger partial charge in [-0.3, -0.25) is 19.1 Å². The van der Waals surface area contributed by atoms with Crippen LogP contribution in [0.1, 0.15) is 10.5 Å². The minimum absolute atomic E-state index is 0.281. The summed E-state index contributed by atoms with van der Waals surface area (Å²) in [6, 6.07) is 4.74. The van der Waals surface area contributed by atoms with E-state index in [4.69, 9.17) is 11.6 Å². The van der Waals surface area contributed by atoms with E-state index in [1.165, 1.54) is 17.9 Å². The molecule has 8 heteroatoms. The smallest absolute Gasteiger partial charge is 0.325 e. The molecule has 0 unspecified atom stereocenters. The second-order valence-corrected chi connectivity index (χ2v) is 4.66. The van der Waals surface area contributed by atoms with Crippen molar-refractivity contribution in [2.75, 3.05) is 13.7 Å². The molecule has 0 atom stereocenters. The summed E-state index contributed by atoms with van der Waals surface area (Å²) in [5, 5.41) is 6.87. The highest BCUT2D eigenvalue weighted by Crippen LogP contribution is 2.15. The van der Waals surface area contributed by atoms with Crippen LogP contribution in [-0.2, 0) is 16.6 Å². The van der Waals surface area contributed by atoms with Gasteiger partial charge in [0, 0.05) is 12.1 Å². The lowest BCUT2D eigenvalue weighted by Gasteiger charge is -2.08. The van der Waals surface area contributed by atoms with Crippen LogP contribution in [0.5, 0.6) is 0 Å². The van der Waals surface area contributed by atoms with Gasteiger partial charge in [0.15, 0.2) is 5.69 Å². The number of halogens is 1. The Kier molecular flexibility index (Phi) is 4.23. The standard InChI is InChI=1S/C13H12ClN3O4/c1-17-9-4-3-7(14)5-8(9)12(19)11(16-17)13(20)15-6-10(18)21-2/h3-5H,6H2,1-2H3,(H,15,20). The molecule has 110 valence electrons. The van der Waals surface area contributed by atoms with Gasteiger partial charge in [-0.25, -0.2) is 0 Å². The highest BCUT2D eigenvalue weighted by Gasteiger charge is 2.17. The molecular weight excluding hydrogens is 298 g/mol. The number of hydrogen-bond donors (Lipinski definition) is 1. The summed E-state index contributed by atoms with van der Waals surface area (Å²) in [7, 11) is 2.80. The molecule has 0 saturated heterocycles. The van der Waals surface area contributed by atoms with Gasteiger partial charge in [-0.2, -0.15) is 5.10 Å². The predicted molar refractivity (Wildman–Crippen MR) is 76.3 cm³/mol. The number of nitrogens with one attached hydrogen (secondary N) is 1. The van der Waals surface area contributed by atoms with Crippen LogP contribution in [0.3, 0.4) is 0 Å². The molecule has 0 fully saturated rings. The van der Waals surface area contributed by atoms with Crippen molar-refractivity contribution in [2.45, 2.75) is 0 Å². The van der Waals surface area contributed by atoms with Crippen LogP contribution in [0, 0.1) is 0 Å². The van der Waals surface area contributed by atoms with Crippen molar-refractivity contribution in [2.24, 2.45) is 7.05 Å². The molecule has 7 nitrogen and oxygen atoms in total. The van der Waals surface area contributed by atoms with Crippen molar-refractivity contribution >= 4 is 34.4 Å². The molecule has 0 aliphatic carbocycles. The fourth-order valence-electron chi connectivity index (χ4n) is 1.81. The number of fused-ring (bicyclic) bond motifs is 1. The molecule has 1 N–H and O–H groups in total. The maximum Gasteiger partial charge on any atom is 0.325 e. The molecule has 0 spiro atoms. The van der Waals surface area contributed by atoms with Crippen LogP contribution in [0.15, 0.2) is 23.0 Å². The number of hydrogen-bond acceptors (Lipinski definition) is 5. The number of benzene rings is 1. The normalized spacial score (nSPS) is 10.4. The van der Waals surface area contributed by atoms with Crippen molar-refractivity contribution < 1.29 is 14.3 Å². The Bertz CT molecular complexity index is 785. The summed E-state index contributed by atoms with van der Waals surface area (Å²) in [6.45, 7) is -0.340. The largest absolute Gasteiger partial charge is 0.468 e. The fourth-order valence-corrected chi connectivity index (χ4v) is 1.98. The fraction of sp³-hybridized carbons (Fsp3) is 0.231. The van der Waals surface area contributed by atoms with Gasteiger partial charge < -0.3 is 10.1 Å². The molecule has 1 aromatic carbocycles. The number of aryl methyl sites for hydroxylation is 1. The predicted octanol–water partition coefficient (Wildman–Crippen LogP) is 0.490. The number of esters is 1. The maximum atomic E-state index is 12.3. The maximum absolute atomic E-state index is 12.3. The number of ether oxygens (including phenoxy) is 1. The molecule has 0 aliphatic rings. The van der Waals surface area contributed by atoms with E-state index in [1.54, 1.807) is 19.2 Å². The SMILES string of the molecule is COC(=O)CNC(=O)c1nn(C)c2ccc(Cl)cc2c1=O. The highest BCUT2D eigenvalue weighted by molar-refractivity contribution is 6.31. The Labute approximate surface area is 124 Å². The molecule has 2 aromatic rings. The zero-order valence-corrected chi connectivity index (χ0v) is 12.1. The molecule has 0 radical (unpaired) electrons. The average Bonchev–Trinajstić information content (AvgIpc) is 2.47. The second kappa shape index (κ2) is 5.92. The van der Waals surface area contributed by atoms with Crippen molar-refractivity contribution in [3.05, 3.63) is 39.1 Å². The quantitative estimate of drug-likeness (QED) is 0.833. The molecular formula is C13H12ClN3O4. The van der Waals surface area contributed by atoms with Gasteiger partial charge in [0.2, 0.25) is 5.43 Å². The van der Waals surface area contributed by atoms with E-state index < -0.39 is 17.3 Å². The molecule has 21 heavy (non-hydrogen) atoms. The zero-order valence-electron chi connectivity index (χ0n) is 11.3. The van der Waals surface area contributed by atoms with Crippen molar-refractivity contribution in [1.82, 2.24) is 15.1 Å². The molecule has 1 amide bonds. The molecule has 1 heterocycles. The van der Waals surface area contributed by atoms with E-state index in [0.29, 0.717) is 10.5 Å². The van der Waals surface area contributed by atoms with Crippen LogP contribution >= 0.6 is 11.6 Å². The van der Waals surface area contributed by atoms with E-state index in [2.05, 4.69) is 15.2 Å². The molecule has 0 saturated carbocycles. The third-order valence-electron chi connectivity index (χ3n) is 2.85. The first-order chi connectivity index (χ1) is 9.93. The summed E-state index contributed by atoms with van der Waals surface area (Å²) >= 11 is 5.87. The summed E-state index contributed by atoms with van der Waals surface area (Å²) in [5.41, 5.74) is -0.307. The zero-order chi connectivity index (χ0) is 15.6. The van der Waals surface area contributed by atoms with E-state index in [-0.39, 0.29) is 17.6 Å². The Morgan fingerprint density at radius 3 is 2.81 bits per heavy atom. The van der Waals surface area contributed by atoms with Crippen LogP contribution in [-0.4, -0.2) is 35.3 Å². The average molecular weight is 310 g/mol. The molecule has 0 aliphatic heterocycles. The van der Waals surface area contributed by atoms with Crippen molar-refractivity contribution in [3.63, 3.8) is 0 Å². The van der Waals surface area contributed by atoms with Gasteiger partial charge >= 0.3 is 5.97 Å². The minimum Gasteiger partial charge on any atom is -0.468 e. The second-order valence-electron chi connectivity index (χ2n) is 4.22. The Morgan fingerprint density at radius 1 is 1.43 bits per heavy atom. The first-order valence-corrected chi connectivity index (χ1v) is 6.33. The monoisotopic (exact) mass is 309 g/mol. The van der Waals surface area contributed by atoms with Gasteiger partial charge in [-0.05, 0) is 18.2 Å². The number of nitrogens with zero attached hydrogens (tertiary/aromatic N) is 2. The third-order valence-corrected chi connectivity index (χ3v) is 3.09. The molecule has 1 aromatic heterocycles. The molecule has 2 rings (SSSR count). The van der Waals surface area contributed by atoms with Gasteiger partial charge in [0.05, 0.1) is 18.0 Å². The number of methoxy groups -OCH3 is 1. The topological polar surface area (TPSA) is 90.3 Å². The van der Waals surface area contributed by atoms with Crippen LogP contribution in [0.25, 0.3) is 10.9 Å². The van der Waals surface area contributed by atoms with E-state index in [9.17, 15) is 14.4 Å². The first kappa shape index (κ1) is 15.0. The minimum atomic E-state index is -0.747. The van der Waals surface area contributed by atoms with Crippen LogP contribution < -0.4 is 10.7 Å². The lowest BCUT2D eigenvalue weighted by molar-refractivity contribution is -0.139. The Balaban J connectivity index is 2.45. The van der Waals surface area contributed by atoms with E-state index in [1.807, 2.05) is 0 Å².